The summed E-state index contributed by atoms with van der Waals surface area (Å²) in [6.45, 7) is -0.0391. The summed E-state index contributed by atoms with van der Waals surface area (Å²) in [5.41, 5.74) is -1.05. The van der Waals surface area contributed by atoms with Gasteiger partial charge in [0.1, 0.15) is 6.61 Å². The lowest BCUT2D eigenvalue weighted by molar-refractivity contribution is -0.137. The maximum absolute atomic E-state index is 12.8. The lowest BCUT2D eigenvalue weighted by Crippen LogP contribution is -2.40. The molecule has 1 aliphatic rings. The Bertz CT molecular complexity index is 779. The number of fused-ring (bicyclic) bond motifs is 1. The van der Waals surface area contributed by atoms with E-state index in [4.69, 9.17) is 21.1 Å². The van der Waals surface area contributed by atoms with Crippen LogP contribution in [0.3, 0.4) is 0 Å². The van der Waals surface area contributed by atoms with Crippen LogP contribution < -0.4 is 14.8 Å². The van der Waals surface area contributed by atoms with Gasteiger partial charge in [-0.25, -0.2) is 0 Å². The smallest absolute Gasteiger partial charge is 0.417 e. The molecule has 0 saturated carbocycles. The van der Waals surface area contributed by atoms with Gasteiger partial charge in [-0.05, 0) is 30.3 Å². The lowest BCUT2D eigenvalue weighted by Gasteiger charge is -2.25. The van der Waals surface area contributed by atoms with Crippen molar-refractivity contribution < 1.29 is 27.4 Å². The van der Waals surface area contributed by atoms with Crippen LogP contribution in [0.15, 0.2) is 42.5 Å². The number of anilines is 1. The first-order valence-corrected chi connectivity index (χ1v) is 7.28. The predicted molar refractivity (Wildman–Crippen MR) is 81.4 cm³/mol. The fourth-order valence-corrected chi connectivity index (χ4v) is 2.42. The predicted octanol–water partition coefficient (Wildman–Crippen LogP) is 4.14. The Morgan fingerprint density at radius 2 is 1.88 bits per heavy atom. The van der Waals surface area contributed by atoms with Crippen molar-refractivity contribution in [1.82, 2.24) is 0 Å². The summed E-state index contributed by atoms with van der Waals surface area (Å²) < 4.78 is 49.4. The van der Waals surface area contributed by atoms with Crippen molar-refractivity contribution in [2.45, 2.75) is 12.3 Å². The number of nitrogens with one attached hydrogen (secondary N) is 1. The fraction of sp³-hybridized carbons (Fsp3) is 0.188. The number of ether oxygens (including phenoxy) is 2. The van der Waals surface area contributed by atoms with Gasteiger partial charge in [0.25, 0.3) is 5.91 Å². The highest BCUT2D eigenvalue weighted by molar-refractivity contribution is 6.31. The lowest BCUT2D eigenvalue weighted by atomic mass is 10.2. The van der Waals surface area contributed by atoms with Crippen molar-refractivity contribution in [1.29, 1.82) is 0 Å². The number of hydrogen-bond donors (Lipinski definition) is 1. The molecule has 2 aromatic rings. The third-order valence-corrected chi connectivity index (χ3v) is 3.67. The Labute approximate surface area is 140 Å². The molecule has 0 fully saturated rings. The molecule has 126 valence electrons. The first-order chi connectivity index (χ1) is 11.3. The second kappa shape index (κ2) is 6.24. The van der Waals surface area contributed by atoms with Crippen molar-refractivity contribution >= 4 is 23.2 Å². The van der Waals surface area contributed by atoms with E-state index in [1.807, 2.05) is 0 Å². The molecule has 0 unspecified atom stereocenters. The summed E-state index contributed by atoms with van der Waals surface area (Å²) in [6.07, 6.45) is -5.58. The number of hydrogen-bond acceptors (Lipinski definition) is 3. The molecular formula is C16H11ClF3NO3. The maximum Gasteiger partial charge on any atom is 0.417 e. The van der Waals surface area contributed by atoms with Gasteiger partial charge in [0.15, 0.2) is 11.5 Å². The van der Waals surface area contributed by atoms with Gasteiger partial charge < -0.3 is 14.8 Å². The summed E-state index contributed by atoms with van der Waals surface area (Å²) in [7, 11) is 0. The minimum absolute atomic E-state index is 0.0285. The Hall–Kier alpha value is -2.41. The molecule has 24 heavy (non-hydrogen) atoms. The number of alkyl halides is 3. The maximum atomic E-state index is 12.8. The van der Waals surface area contributed by atoms with Gasteiger partial charge in [-0.2, -0.15) is 13.2 Å². The molecule has 0 saturated heterocycles. The van der Waals surface area contributed by atoms with Crippen molar-refractivity contribution in [3.8, 4) is 11.5 Å². The Balaban J connectivity index is 1.74. The molecular weight excluding hydrogens is 347 g/mol. The van der Waals surface area contributed by atoms with E-state index in [0.717, 1.165) is 12.1 Å². The van der Waals surface area contributed by atoms with Gasteiger partial charge in [-0.15, -0.1) is 0 Å². The molecule has 0 radical (unpaired) electrons. The van der Waals surface area contributed by atoms with E-state index in [2.05, 4.69) is 5.32 Å². The van der Waals surface area contributed by atoms with Crippen molar-refractivity contribution in [3.63, 3.8) is 0 Å². The van der Waals surface area contributed by atoms with Crippen LogP contribution in [0.4, 0.5) is 18.9 Å². The SMILES string of the molecule is O=C(Nc1ccc(Cl)c(C(F)(F)F)c1)[C@@H]1COc2ccccc2O1. The Morgan fingerprint density at radius 3 is 2.58 bits per heavy atom. The summed E-state index contributed by atoms with van der Waals surface area (Å²) in [5, 5.41) is 1.94. The highest BCUT2D eigenvalue weighted by atomic mass is 35.5. The van der Waals surface area contributed by atoms with Gasteiger partial charge in [0.2, 0.25) is 6.10 Å². The highest BCUT2D eigenvalue weighted by Crippen LogP contribution is 2.36. The number of halogens is 4. The number of carbonyl (C=O) groups excluding carboxylic acids is 1. The van der Waals surface area contributed by atoms with E-state index in [-0.39, 0.29) is 12.3 Å². The third kappa shape index (κ3) is 3.41. The zero-order valence-electron chi connectivity index (χ0n) is 12.1. The van der Waals surface area contributed by atoms with Gasteiger partial charge >= 0.3 is 6.18 Å². The third-order valence-electron chi connectivity index (χ3n) is 3.34. The van der Waals surface area contributed by atoms with Crippen LogP contribution in [0, 0.1) is 0 Å². The first kappa shape index (κ1) is 16.4. The van der Waals surface area contributed by atoms with Crippen molar-refractivity contribution in [2.75, 3.05) is 11.9 Å². The van der Waals surface area contributed by atoms with E-state index in [1.165, 1.54) is 6.07 Å². The standard InChI is InChI=1S/C16H11ClF3NO3/c17-11-6-5-9(7-10(11)16(18,19)20)21-15(22)14-8-23-12-3-1-2-4-13(12)24-14/h1-7,14H,8H2,(H,21,22)/t14-/m0/s1. The Morgan fingerprint density at radius 1 is 1.17 bits per heavy atom. The summed E-state index contributed by atoms with van der Waals surface area (Å²) >= 11 is 5.54. The Kier molecular flexibility index (Phi) is 4.28. The van der Waals surface area contributed by atoms with Crippen LogP contribution in [0.1, 0.15) is 5.56 Å². The largest absolute Gasteiger partial charge is 0.485 e. The molecule has 8 heteroatoms. The average molecular weight is 358 g/mol. The summed E-state index contributed by atoms with van der Waals surface area (Å²) in [4.78, 5) is 12.2. The monoisotopic (exact) mass is 357 g/mol. The topological polar surface area (TPSA) is 47.6 Å². The number of carbonyl (C=O) groups is 1. The molecule has 1 heterocycles. The van der Waals surface area contributed by atoms with Crippen LogP contribution in [0.2, 0.25) is 5.02 Å². The molecule has 0 spiro atoms. The molecule has 4 nitrogen and oxygen atoms in total. The van der Waals surface area contributed by atoms with Crippen LogP contribution >= 0.6 is 11.6 Å². The number of benzene rings is 2. The zero-order valence-corrected chi connectivity index (χ0v) is 12.8. The van der Waals surface area contributed by atoms with Crippen LogP contribution in [0.25, 0.3) is 0 Å². The molecule has 1 N–H and O–H groups in total. The van der Waals surface area contributed by atoms with Gasteiger partial charge in [-0.1, -0.05) is 23.7 Å². The van der Waals surface area contributed by atoms with Crippen molar-refractivity contribution in [3.05, 3.63) is 53.1 Å². The molecule has 0 aliphatic carbocycles. The van der Waals surface area contributed by atoms with Crippen LogP contribution in [-0.4, -0.2) is 18.6 Å². The number of amides is 1. The van der Waals surface area contributed by atoms with E-state index < -0.39 is 28.8 Å². The summed E-state index contributed by atoms with van der Waals surface area (Å²) in [6, 6.07) is 9.95. The highest BCUT2D eigenvalue weighted by Gasteiger charge is 2.34. The first-order valence-electron chi connectivity index (χ1n) is 6.90. The zero-order chi connectivity index (χ0) is 17.3. The molecule has 3 rings (SSSR count). The quantitative estimate of drug-likeness (QED) is 0.878. The van der Waals surface area contributed by atoms with Gasteiger partial charge in [0, 0.05) is 5.69 Å². The molecule has 1 aliphatic heterocycles. The molecule has 2 aromatic carbocycles. The molecule has 0 bridgehead atoms. The van der Waals surface area contributed by atoms with Crippen LogP contribution in [0.5, 0.6) is 11.5 Å². The van der Waals surface area contributed by atoms with E-state index in [0.29, 0.717) is 11.5 Å². The minimum Gasteiger partial charge on any atom is -0.485 e. The molecule has 1 amide bonds. The second-order valence-corrected chi connectivity index (χ2v) is 5.45. The molecule has 0 aromatic heterocycles. The van der Waals surface area contributed by atoms with E-state index >= 15 is 0 Å². The van der Waals surface area contributed by atoms with E-state index in [9.17, 15) is 18.0 Å². The summed E-state index contributed by atoms with van der Waals surface area (Å²) in [5.74, 6) is 0.295. The van der Waals surface area contributed by atoms with Crippen LogP contribution in [-0.2, 0) is 11.0 Å². The minimum atomic E-state index is -4.61. The average Bonchev–Trinajstić information content (AvgIpc) is 2.55. The normalized spacial score (nSPS) is 16.6. The second-order valence-electron chi connectivity index (χ2n) is 5.05. The number of para-hydroxylation sites is 2. The number of rotatable bonds is 2. The van der Waals surface area contributed by atoms with Gasteiger partial charge in [0.05, 0.1) is 10.6 Å². The molecule has 1 atom stereocenters. The van der Waals surface area contributed by atoms with Gasteiger partial charge in [-0.3, -0.25) is 4.79 Å². The fourth-order valence-electron chi connectivity index (χ4n) is 2.19. The van der Waals surface area contributed by atoms with Crippen molar-refractivity contribution in [2.24, 2.45) is 0 Å². The van der Waals surface area contributed by atoms with E-state index in [1.54, 1.807) is 24.3 Å².